The Bertz CT molecular complexity index is 796. The largest absolute Gasteiger partial charge is 0.453 e. The molecule has 0 aromatic carbocycles. The molecular formula is C16H22N6O2S. The first-order chi connectivity index (χ1) is 12.1. The summed E-state index contributed by atoms with van der Waals surface area (Å²) < 4.78 is 14.8. The van der Waals surface area contributed by atoms with Gasteiger partial charge in [-0.2, -0.15) is 5.10 Å². The molecule has 0 bridgehead atoms. The highest BCUT2D eigenvalue weighted by Gasteiger charge is 2.13. The molecule has 0 unspecified atom stereocenters. The van der Waals surface area contributed by atoms with Crippen LogP contribution in [0.3, 0.4) is 0 Å². The SMILES string of the molecule is COCCN(Cc1cnn(C)c1)Cc1ccc(Sc2nncn2C)o1. The standard InChI is InChI=1S/C16H22N6O2S/c1-20-12-17-19-16(20)25-15-5-4-14(24-15)11-22(6-7-23-3)10-13-8-18-21(2)9-13/h4-5,8-9,12H,6-7,10-11H2,1-3H3. The maximum absolute atomic E-state index is 5.94. The molecule has 0 aliphatic heterocycles. The van der Waals surface area contributed by atoms with E-state index in [4.69, 9.17) is 9.15 Å². The van der Waals surface area contributed by atoms with Gasteiger partial charge in [0.25, 0.3) is 0 Å². The van der Waals surface area contributed by atoms with Crippen LogP contribution >= 0.6 is 11.8 Å². The third-order valence-corrected chi connectivity index (χ3v) is 4.63. The molecule has 3 rings (SSSR count). The number of aromatic nitrogens is 5. The van der Waals surface area contributed by atoms with E-state index in [0.29, 0.717) is 13.2 Å². The van der Waals surface area contributed by atoms with Crippen LogP contribution in [0.5, 0.6) is 0 Å². The van der Waals surface area contributed by atoms with E-state index < -0.39 is 0 Å². The highest BCUT2D eigenvalue weighted by molar-refractivity contribution is 7.99. The molecule has 3 heterocycles. The minimum atomic E-state index is 0.668. The quantitative estimate of drug-likeness (QED) is 0.576. The molecule has 3 aromatic rings. The Morgan fingerprint density at radius 3 is 2.84 bits per heavy atom. The van der Waals surface area contributed by atoms with Crippen LogP contribution in [0.4, 0.5) is 0 Å². The zero-order valence-corrected chi connectivity index (χ0v) is 15.4. The van der Waals surface area contributed by atoms with Crippen LogP contribution in [0.2, 0.25) is 0 Å². The zero-order chi connectivity index (χ0) is 17.6. The van der Waals surface area contributed by atoms with E-state index in [-0.39, 0.29) is 0 Å². The van der Waals surface area contributed by atoms with Gasteiger partial charge in [0.05, 0.1) is 19.3 Å². The van der Waals surface area contributed by atoms with Crippen LogP contribution < -0.4 is 0 Å². The van der Waals surface area contributed by atoms with Crippen LogP contribution in [-0.2, 0) is 31.9 Å². The van der Waals surface area contributed by atoms with Gasteiger partial charge in [0, 0.05) is 46.1 Å². The van der Waals surface area contributed by atoms with Gasteiger partial charge in [-0.3, -0.25) is 9.58 Å². The fourth-order valence-electron chi connectivity index (χ4n) is 2.42. The van der Waals surface area contributed by atoms with Crippen molar-refractivity contribution < 1.29 is 9.15 Å². The molecule has 0 spiro atoms. The predicted octanol–water partition coefficient (Wildman–Crippen LogP) is 1.94. The van der Waals surface area contributed by atoms with E-state index in [1.807, 2.05) is 47.9 Å². The van der Waals surface area contributed by atoms with Crippen LogP contribution in [0.15, 0.2) is 45.5 Å². The molecule has 134 valence electrons. The van der Waals surface area contributed by atoms with Crippen LogP contribution in [-0.4, -0.2) is 49.7 Å². The highest BCUT2D eigenvalue weighted by atomic mass is 32.2. The molecule has 0 aliphatic carbocycles. The summed E-state index contributed by atoms with van der Waals surface area (Å²) in [7, 11) is 5.54. The molecule has 0 atom stereocenters. The number of aryl methyl sites for hydroxylation is 2. The number of nitrogens with zero attached hydrogens (tertiary/aromatic N) is 6. The molecule has 3 aromatic heterocycles. The summed E-state index contributed by atoms with van der Waals surface area (Å²) >= 11 is 1.46. The van der Waals surface area contributed by atoms with Crippen molar-refractivity contribution in [1.82, 2.24) is 29.4 Å². The average Bonchev–Trinajstić information content (AvgIpc) is 3.30. The molecule has 0 fully saturated rings. The summed E-state index contributed by atoms with van der Waals surface area (Å²) in [6, 6.07) is 3.97. The van der Waals surface area contributed by atoms with Crippen LogP contribution in [0, 0.1) is 0 Å². The van der Waals surface area contributed by atoms with Crippen molar-refractivity contribution in [3.05, 3.63) is 42.2 Å². The lowest BCUT2D eigenvalue weighted by Gasteiger charge is -2.20. The van der Waals surface area contributed by atoms with Crippen molar-refractivity contribution in [2.24, 2.45) is 14.1 Å². The molecule has 9 heteroatoms. The summed E-state index contributed by atoms with van der Waals surface area (Å²) in [6.45, 7) is 2.99. The van der Waals surface area contributed by atoms with E-state index in [0.717, 1.165) is 29.1 Å². The van der Waals surface area contributed by atoms with Crippen molar-refractivity contribution in [3.63, 3.8) is 0 Å². The van der Waals surface area contributed by atoms with Gasteiger partial charge in [-0.25, -0.2) is 0 Å². The molecule has 0 N–H and O–H groups in total. The Morgan fingerprint density at radius 2 is 2.16 bits per heavy atom. The third-order valence-electron chi connectivity index (χ3n) is 3.65. The van der Waals surface area contributed by atoms with Gasteiger partial charge in [0.2, 0.25) is 0 Å². The van der Waals surface area contributed by atoms with Gasteiger partial charge in [-0.05, 0) is 23.9 Å². The van der Waals surface area contributed by atoms with Crippen LogP contribution in [0.25, 0.3) is 0 Å². The predicted molar refractivity (Wildman–Crippen MR) is 93.0 cm³/mol. The lowest BCUT2D eigenvalue weighted by molar-refractivity contribution is 0.134. The Kier molecular flexibility index (Phi) is 5.90. The van der Waals surface area contributed by atoms with Crippen LogP contribution in [0.1, 0.15) is 11.3 Å². The van der Waals surface area contributed by atoms with Gasteiger partial charge in [0.1, 0.15) is 12.1 Å². The normalized spacial score (nSPS) is 11.5. The smallest absolute Gasteiger partial charge is 0.198 e. The van der Waals surface area contributed by atoms with Gasteiger partial charge in [-0.15, -0.1) is 10.2 Å². The molecule has 0 saturated carbocycles. The molecular weight excluding hydrogens is 340 g/mol. The Labute approximate surface area is 150 Å². The lowest BCUT2D eigenvalue weighted by atomic mass is 10.3. The first-order valence-electron chi connectivity index (χ1n) is 7.93. The van der Waals surface area contributed by atoms with Crippen molar-refractivity contribution >= 4 is 11.8 Å². The van der Waals surface area contributed by atoms with E-state index in [1.54, 1.807) is 13.4 Å². The summed E-state index contributed by atoms with van der Waals surface area (Å²) in [6.07, 6.45) is 5.58. The average molecular weight is 362 g/mol. The highest BCUT2D eigenvalue weighted by Crippen LogP contribution is 2.27. The topological polar surface area (TPSA) is 74.1 Å². The Balaban J connectivity index is 1.63. The van der Waals surface area contributed by atoms with E-state index in [1.165, 1.54) is 17.3 Å². The van der Waals surface area contributed by atoms with E-state index in [9.17, 15) is 0 Å². The maximum Gasteiger partial charge on any atom is 0.198 e. The molecule has 0 aliphatic rings. The number of hydrogen-bond acceptors (Lipinski definition) is 7. The molecule has 0 saturated heterocycles. The van der Waals surface area contributed by atoms with Gasteiger partial charge in [-0.1, -0.05) is 0 Å². The first kappa shape index (κ1) is 17.7. The van der Waals surface area contributed by atoms with Gasteiger partial charge >= 0.3 is 0 Å². The van der Waals surface area contributed by atoms with Crippen molar-refractivity contribution in [2.45, 2.75) is 23.3 Å². The number of furan rings is 1. The van der Waals surface area contributed by atoms with Crippen molar-refractivity contribution in [2.75, 3.05) is 20.3 Å². The second kappa shape index (κ2) is 8.32. The summed E-state index contributed by atoms with van der Waals surface area (Å²) in [5.41, 5.74) is 1.17. The summed E-state index contributed by atoms with van der Waals surface area (Å²) in [5, 5.41) is 13.8. The third kappa shape index (κ3) is 4.94. The number of ether oxygens (including phenoxy) is 1. The van der Waals surface area contributed by atoms with Gasteiger partial charge in [0.15, 0.2) is 10.2 Å². The second-order valence-electron chi connectivity index (χ2n) is 5.77. The Hall–Kier alpha value is -2.10. The van der Waals surface area contributed by atoms with E-state index >= 15 is 0 Å². The minimum Gasteiger partial charge on any atom is -0.453 e. The number of methoxy groups -OCH3 is 1. The molecule has 0 amide bonds. The van der Waals surface area contributed by atoms with Crippen molar-refractivity contribution in [3.8, 4) is 0 Å². The second-order valence-corrected chi connectivity index (χ2v) is 6.74. The minimum absolute atomic E-state index is 0.668. The monoisotopic (exact) mass is 362 g/mol. The summed E-state index contributed by atoms with van der Waals surface area (Å²) in [4.78, 5) is 2.27. The summed E-state index contributed by atoms with van der Waals surface area (Å²) in [5.74, 6) is 0.907. The molecule has 0 radical (unpaired) electrons. The fourth-order valence-corrected chi connectivity index (χ4v) is 3.16. The molecule has 8 nitrogen and oxygen atoms in total. The first-order valence-corrected chi connectivity index (χ1v) is 8.75. The maximum atomic E-state index is 5.94. The van der Waals surface area contributed by atoms with Crippen molar-refractivity contribution in [1.29, 1.82) is 0 Å². The number of rotatable bonds is 9. The lowest BCUT2D eigenvalue weighted by Crippen LogP contribution is -2.26. The number of hydrogen-bond donors (Lipinski definition) is 0. The van der Waals surface area contributed by atoms with Gasteiger partial charge < -0.3 is 13.7 Å². The molecule has 25 heavy (non-hydrogen) atoms. The van der Waals surface area contributed by atoms with E-state index in [2.05, 4.69) is 20.2 Å². The fraction of sp³-hybridized carbons (Fsp3) is 0.438. The zero-order valence-electron chi connectivity index (χ0n) is 14.6. The Morgan fingerprint density at radius 1 is 1.28 bits per heavy atom.